The Morgan fingerprint density at radius 3 is 1.95 bits per heavy atom. The third kappa shape index (κ3) is 6.32. The Morgan fingerprint density at radius 2 is 1.59 bits per heavy atom. The van der Waals surface area contributed by atoms with Crippen molar-refractivity contribution in [3.8, 4) is 0 Å². The molecule has 2 amide bonds. The van der Waals surface area contributed by atoms with E-state index in [0.717, 1.165) is 0 Å². The molecule has 0 aromatic heterocycles. The maximum atomic E-state index is 12.2. The highest BCUT2D eigenvalue weighted by atomic mass is 16.6. The van der Waals surface area contributed by atoms with E-state index in [1.54, 1.807) is 41.5 Å². The number of nitrogens with zero attached hydrogens (tertiary/aromatic N) is 1. The van der Waals surface area contributed by atoms with Crippen molar-refractivity contribution in [2.75, 3.05) is 14.2 Å². The van der Waals surface area contributed by atoms with Crippen LogP contribution in [-0.4, -0.2) is 54.7 Å². The molecule has 2 atom stereocenters. The number of carbonyl (C=O) groups excluding carboxylic acids is 3. The number of rotatable bonds is 5. The van der Waals surface area contributed by atoms with Crippen LogP contribution in [-0.2, 0) is 19.1 Å². The van der Waals surface area contributed by atoms with Gasteiger partial charge in [0.2, 0.25) is 5.91 Å². The summed E-state index contributed by atoms with van der Waals surface area (Å²) in [6, 6.07) is -1.53. The van der Waals surface area contributed by atoms with Crippen molar-refractivity contribution in [2.45, 2.75) is 59.2 Å². The number of hydrogen-bond donors (Lipinski definition) is 1. The first kappa shape index (κ1) is 20.2. The zero-order valence-electron chi connectivity index (χ0n) is 14.7. The van der Waals surface area contributed by atoms with Crippen LogP contribution in [0.5, 0.6) is 0 Å². The van der Waals surface area contributed by atoms with Gasteiger partial charge in [-0.2, -0.15) is 0 Å². The van der Waals surface area contributed by atoms with E-state index in [1.807, 2.05) is 0 Å². The van der Waals surface area contributed by atoms with Crippen LogP contribution in [0.3, 0.4) is 0 Å². The third-order valence-electron chi connectivity index (χ3n) is 3.06. The van der Waals surface area contributed by atoms with Crippen molar-refractivity contribution in [3.05, 3.63) is 0 Å². The molecule has 7 nitrogen and oxygen atoms in total. The summed E-state index contributed by atoms with van der Waals surface area (Å²) in [4.78, 5) is 37.0. The van der Waals surface area contributed by atoms with Gasteiger partial charge in [-0.15, -0.1) is 0 Å². The van der Waals surface area contributed by atoms with Gasteiger partial charge in [0.15, 0.2) is 0 Å². The van der Waals surface area contributed by atoms with E-state index in [1.165, 1.54) is 19.1 Å². The Hall–Kier alpha value is -1.79. The molecular weight excluding hydrogens is 288 g/mol. The third-order valence-corrected chi connectivity index (χ3v) is 3.06. The van der Waals surface area contributed by atoms with E-state index in [0.29, 0.717) is 0 Å². The zero-order chi connectivity index (χ0) is 17.7. The van der Waals surface area contributed by atoms with Crippen LogP contribution in [0.2, 0.25) is 0 Å². The molecule has 7 heteroatoms. The fourth-order valence-corrected chi connectivity index (χ4v) is 1.57. The van der Waals surface area contributed by atoms with Gasteiger partial charge in [-0.1, -0.05) is 13.8 Å². The summed E-state index contributed by atoms with van der Waals surface area (Å²) in [5, 5.41) is 2.60. The average molecular weight is 316 g/mol. The quantitative estimate of drug-likeness (QED) is 0.778. The van der Waals surface area contributed by atoms with Gasteiger partial charge < -0.3 is 14.8 Å². The molecule has 22 heavy (non-hydrogen) atoms. The highest BCUT2D eigenvalue weighted by molar-refractivity contribution is 5.89. The number of nitrogens with one attached hydrogen (secondary N) is 1. The highest BCUT2D eigenvalue weighted by Gasteiger charge is 2.31. The van der Waals surface area contributed by atoms with Crippen molar-refractivity contribution >= 4 is 18.0 Å². The molecule has 0 aromatic carbocycles. The summed E-state index contributed by atoms with van der Waals surface area (Å²) in [6.07, 6.45) is -0.602. The monoisotopic (exact) mass is 316 g/mol. The number of hydrogen-bond acceptors (Lipinski definition) is 5. The maximum absolute atomic E-state index is 12.2. The number of carbonyl (C=O) groups is 3. The van der Waals surface area contributed by atoms with Gasteiger partial charge in [-0.05, 0) is 33.6 Å². The maximum Gasteiger partial charge on any atom is 0.410 e. The van der Waals surface area contributed by atoms with E-state index in [-0.39, 0.29) is 5.92 Å². The van der Waals surface area contributed by atoms with Crippen LogP contribution in [0.1, 0.15) is 41.5 Å². The van der Waals surface area contributed by atoms with Gasteiger partial charge in [-0.3, -0.25) is 9.69 Å². The molecule has 0 aliphatic rings. The van der Waals surface area contributed by atoms with E-state index >= 15 is 0 Å². The molecule has 0 radical (unpaired) electrons. The van der Waals surface area contributed by atoms with Crippen LogP contribution >= 0.6 is 0 Å². The molecule has 0 unspecified atom stereocenters. The van der Waals surface area contributed by atoms with Crippen molar-refractivity contribution in [2.24, 2.45) is 5.92 Å². The molecule has 0 bridgehead atoms. The van der Waals surface area contributed by atoms with E-state index < -0.39 is 35.7 Å². The normalized spacial score (nSPS) is 14.0. The fraction of sp³-hybridized carbons (Fsp3) is 0.800. The minimum absolute atomic E-state index is 0.129. The molecule has 0 fully saturated rings. The molecule has 0 spiro atoms. The molecule has 128 valence electrons. The molecule has 0 aliphatic heterocycles. The summed E-state index contributed by atoms with van der Waals surface area (Å²) in [7, 11) is 2.74. The lowest BCUT2D eigenvalue weighted by atomic mass is 10.0. The predicted molar refractivity (Wildman–Crippen MR) is 82.2 cm³/mol. The van der Waals surface area contributed by atoms with Crippen molar-refractivity contribution in [3.63, 3.8) is 0 Å². The van der Waals surface area contributed by atoms with Crippen LogP contribution in [0.4, 0.5) is 4.79 Å². The van der Waals surface area contributed by atoms with Crippen molar-refractivity contribution in [1.29, 1.82) is 0 Å². The Balaban J connectivity index is 4.83. The Labute approximate surface area is 132 Å². The van der Waals surface area contributed by atoms with E-state index in [9.17, 15) is 14.4 Å². The summed E-state index contributed by atoms with van der Waals surface area (Å²) in [5.74, 6) is -1.09. The van der Waals surface area contributed by atoms with E-state index in [2.05, 4.69) is 10.1 Å². The average Bonchev–Trinajstić information content (AvgIpc) is 2.39. The Bertz CT molecular complexity index is 415. The van der Waals surface area contributed by atoms with Crippen LogP contribution < -0.4 is 5.32 Å². The molecule has 0 heterocycles. The molecule has 0 aliphatic carbocycles. The summed E-state index contributed by atoms with van der Waals surface area (Å²) < 4.78 is 9.88. The first-order valence-electron chi connectivity index (χ1n) is 7.24. The number of esters is 1. The number of ether oxygens (including phenoxy) is 2. The largest absolute Gasteiger partial charge is 0.467 e. The van der Waals surface area contributed by atoms with Gasteiger partial charge >= 0.3 is 12.1 Å². The predicted octanol–water partition coefficient (Wildman–Crippen LogP) is 1.56. The zero-order valence-corrected chi connectivity index (χ0v) is 14.7. The minimum Gasteiger partial charge on any atom is -0.467 e. The second-order valence-corrected chi connectivity index (χ2v) is 6.52. The standard InChI is InChI=1S/C15H28N2O5/c1-9(2)11(13(19)21-8)16-12(18)10(3)17(7)14(20)22-15(4,5)6/h9-11H,1-8H3,(H,16,18)/t10-,11-/m1/s1. The van der Waals surface area contributed by atoms with Gasteiger partial charge in [-0.25, -0.2) is 9.59 Å². The van der Waals surface area contributed by atoms with Crippen molar-refractivity contribution in [1.82, 2.24) is 10.2 Å². The number of amides is 2. The lowest BCUT2D eigenvalue weighted by molar-refractivity contribution is -0.146. The molecule has 0 rings (SSSR count). The van der Waals surface area contributed by atoms with Crippen LogP contribution in [0.25, 0.3) is 0 Å². The fourth-order valence-electron chi connectivity index (χ4n) is 1.57. The Morgan fingerprint density at radius 1 is 1.09 bits per heavy atom. The Kier molecular flexibility index (Phi) is 7.35. The first-order valence-corrected chi connectivity index (χ1v) is 7.24. The minimum atomic E-state index is -0.777. The first-order chi connectivity index (χ1) is 9.90. The van der Waals surface area contributed by atoms with Crippen LogP contribution in [0, 0.1) is 5.92 Å². The second kappa shape index (κ2) is 8.00. The molecule has 1 N–H and O–H groups in total. The lowest BCUT2D eigenvalue weighted by Gasteiger charge is -2.29. The topological polar surface area (TPSA) is 84.9 Å². The van der Waals surface area contributed by atoms with Crippen LogP contribution in [0.15, 0.2) is 0 Å². The lowest BCUT2D eigenvalue weighted by Crippen LogP contribution is -2.53. The summed E-state index contributed by atoms with van der Waals surface area (Å²) in [6.45, 7) is 10.4. The summed E-state index contributed by atoms with van der Waals surface area (Å²) >= 11 is 0. The number of likely N-dealkylation sites (N-methyl/N-ethyl adjacent to an activating group) is 1. The van der Waals surface area contributed by atoms with Crippen molar-refractivity contribution < 1.29 is 23.9 Å². The molecule has 0 saturated carbocycles. The van der Waals surface area contributed by atoms with Gasteiger partial charge in [0.05, 0.1) is 7.11 Å². The van der Waals surface area contributed by atoms with Gasteiger partial charge in [0, 0.05) is 7.05 Å². The highest BCUT2D eigenvalue weighted by Crippen LogP contribution is 2.11. The molecular formula is C15H28N2O5. The van der Waals surface area contributed by atoms with E-state index in [4.69, 9.17) is 4.74 Å². The molecule has 0 saturated heterocycles. The molecule has 0 aromatic rings. The second-order valence-electron chi connectivity index (χ2n) is 6.52. The SMILES string of the molecule is COC(=O)[C@H](NC(=O)[C@@H](C)N(C)C(=O)OC(C)(C)C)C(C)C. The summed E-state index contributed by atoms with van der Waals surface area (Å²) in [5.41, 5.74) is -0.645. The van der Waals surface area contributed by atoms with Gasteiger partial charge in [0.1, 0.15) is 17.7 Å². The number of methoxy groups -OCH3 is 1. The smallest absolute Gasteiger partial charge is 0.410 e. The van der Waals surface area contributed by atoms with Gasteiger partial charge in [0.25, 0.3) is 0 Å².